The maximum Gasteiger partial charge on any atom is 0.363 e. The monoisotopic (exact) mass is 423 g/mol. The average molecular weight is 425 g/mol. The van der Waals surface area contributed by atoms with E-state index in [1.807, 2.05) is 12.1 Å². The van der Waals surface area contributed by atoms with Gasteiger partial charge in [-0.3, -0.25) is 5.43 Å². The molecule has 27 heavy (non-hydrogen) atoms. The zero-order valence-electron chi connectivity index (χ0n) is 13.6. The molecule has 0 aliphatic heterocycles. The second-order valence-corrected chi connectivity index (χ2v) is 6.41. The van der Waals surface area contributed by atoms with Crippen LogP contribution in [0, 0.1) is 0 Å². The number of aromatic nitrogens is 3. The van der Waals surface area contributed by atoms with Crippen LogP contribution in [-0.4, -0.2) is 21.4 Å². The van der Waals surface area contributed by atoms with Gasteiger partial charge in [0.2, 0.25) is 0 Å². The number of nitrogens with zero attached hydrogens (tertiary/aromatic N) is 3. The molecular weight excluding hydrogens is 413 g/mol. The predicted molar refractivity (Wildman–Crippen MR) is 106 cm³/mol. The molecule has 7 nitrogen and oxygen atoms in total. The summed E-state index contributed by atoms with van der Waals surface area (Å²) in [5.74, 6) is 0.873. The lowest BCUT2D eigenvalue weighted by Gasteiger charge is -2.10. The Hall–Kier alpha value is -2.61. The van der Waals surface area contributed by atoms with Crippen molar-refractivity contribution in [1.29, 1.82) is 0 Å². The second-order valence-electron chi connectivity index (χ2n) is 5.22. The van der Waals surface area contributed by atoms with Crippen LogP contribution in [0.2, 0.25) is 15.1 Å². The van der Waals surface area contributed by atoms with Gasteiger partial charge in [-0.1, -0.05) is 34.8 Å². The molecule has 0 fully saturated rings. The molecule has 1 heterocycles. The van der Waals surface area contributed by atoms with Crippen molar-refractivity contribution >= 4 is 46.8 Å². The van der Waals surface area contributed by atoms with Crippen LogP contribution < -0.4 is 15.9 Å². The summed E-state index contributed by atoms with van der Waals surface area (Å²) < 4.78 is 5.71. The lowest BCUT2D eigenvalue weighted by Crippen LogP contribution is -2.13. The van der Waals surface area contributed by atoms with Crippen LogP contribution in [0.5, 0.6) is 5.75 Å². The summed E-state index contributed by atoms with van der Waals surface area (Å²) in [7, 11) is 0. The fourth-order valence-electron chi connectivity index (χ4n) is 2.05. The summed E-state index contributed by atoms with van der Waals surface area (Å²) in [6.45, 7) is 0.189. The lowest BCUT2D eigenvalue weighted by molar-refractivity contribution is 0.306. The number of aromatic amines is 1. The van der Waals surface area contributed by atoms with Crippen molar-refractivity contribution in [2.75, 3.05) is 5.43 Å². The third-order valence-electron chi connectivity index (χ3n) is 3.36. The molecule has 3 aromatic rings. The van der Waals surface area contributed by atoms with Crippen LogP contribution in [0.25, 0.3) is 0 Å². The van der Waals surface area contributed by atoms with Crippen molar-refractivity contribution < 1.29 is 4.74 Å². The van der Waals surface area contributed by atoms with Crippen LogP contribution in [0.15, 0.2) is 52.5 Å². The van der Waals surface area contributed by atoms with Crippen LogP contribution >= 0.6 is 34.8 Å². The van der Waals surface area contributed by atoms with Gasteiger partial charge in [-0.05, 0) is 42.0 Å². The molecule has 0 aliphatic rings. The Labute approximate surface area is 169 Å². The zero-order chi connectivity index (χ0) is 19.2. The van der Waals surface area contributed by atoms with Gasteiger partial charge in [0.1, 0.15) is 12.4 Å². The first kappa shape index (κ1) is 19.2. The van der Waals surface area contributed by atoms with Gasteiger partial charge in [-0.2, -0.15) is 15.2 Å². The van der Waals surface area contributed by atoms with Gasteiger partial charge in [0.05, 0.1) is 22.5 Å². The minimum Gasteiger partial charge on any atom is -0.489 e. The first-order valence-corrected chi connectivity index (χ1v) is 8.72. The predicted octanol–water partition coefficient (Wildman–Crippen LogP) is 4.15. The standard InChI is InChI=1S/C17H12Cl3N5O2/c18-13-5-6-14(19)16(20)12(13)9-27-11-3-1-10(2-4-11)7-21-24-15-8-22-25-17(26)23-15/h1-8H,9H2,(H2,23,24,25,26)/b21-7+. The maximum atomic E-state index is 11.0. The van der Waals surface area contributed by atoms with Crippen LogP contribution in [0.1, 0.15) is 11.1 Å². The molecule has 0 amide bonds. The van der Waals surface area contributed by atoms with Gasteiger partial charge in [0, 0.05) is 10.6 Å². The molecule has 2 aromatic carbocycles. The lowest BCUT2D eigenvalue weighted by atomic mass is 10.2. The Morgan fingerprint density at radius 2 is 1.85 bits per heavy atom. The molecular formula is C17H12Cl3N5O2. The van der Waals surface area contributed by atoms with E-state index in [0.29, 0.717) is 26.4 Å². The normalized spacial score (nSPS) is 10.9. The van der Waals surface area contributed by atoms with E-state index in [2.05, 4.69) is 25.7 Å². The topological polar surface area (TPSA) is 92.3 Å². The molecule has 138 valence electrons. The van der Waals surface area contributed by atoms with E-state index in [1.165, 1.54) is 6.20 Å². The maximum absolute atomic E-state index is 11.0. The third-order valence-corrected chi connectivity index (χ3v) is 4.56. The average Bonchev–Trinajstić information content (AvgIpc) is 2.66. The Morgan fingerprint density at radius 3 is 2.59 bits per heavy atom. The van der Waals surface area contributed by atoms with Crippen molar-refractivity contribution in [1.82, 2.24) is 15.2 Å². The largest absolute Gasteiger partial charge is 0.489 e. The number of H-pyrrole nitrogens is 1. The summed E-state index contributed by atoms with van der Waals surface area (Å²) in [6.07, 6.45) is 2.92. The van der Waals surface area contributed by atoms with Gasteiger partial charge in [0.25, 0.3) is 0 Å². The molecule has 0 unspecified atom stereocenters. The van der Waals surface area contributed by atoms with Crippen molar-refractivity contribution in [3.63, 3.8) is 0 Å². The molecule has 2 N–H and O–H groups in total. The minimum absolute atomic E-state index is 0.189. The van der Waals surface area contributed by atoms with E-state index < -0.39 is 5.69 Å². The van der Waals surface area contributed by atoms with E-state index in [0.717, 1.165) is 5.56 Å². The van der Waals surface area contributed by atoms with E-state index in [9.17, 15) is 4.79 Å². The highest BCUT2D eigenvalue weighted by Gasteiger charge is 2.10. The van der Waals surface area contributed by atoms with E-state index in [4.69, 9.17) is 39.5 Å². The number of anilines is 1. The van der Waals surface area contributed by atoms with Crippen LogP contribution in [-0.2, 0) is 6.61 Å². The molecule has 1 aromatic heterocycles. The number of hydrazone groups is 1. The highest BCUT2D eigenvalue weighted by atomic mass is 35.5. The molecule has 0 spiro atoms. The molecule has 0 aliphatic carbocycles. The molecule has 0 bridgehead atoms. The Balaban J connectivity index is 1.60. The molecule has 0 saturated carbocycles. The summed E-state index contributed by atoms with van der Waals surface area (Å²) >= 11 is 18.3. The van der Waals surface area contributed by atoms with E-state index in [1.54, 1.807) is 30.5 Å². The van der Waals surface area contributed by atoms with Crippen molar-refractivity contribution in [2.45, 2.75) is 6.61 Å². The molecule has 0 atom stereocenters. The van der Waals surface area contributed by atoms with Gasteiger partial charge >= 0.3 is 5.69 Å². The van der Waals surface area contributed by atoms with Gasteiger partial charge in [-0.15, -0.1) is 0 Å². The van der Waals surface area contributed by atoms with Crippen molar-refractivity contribution in [2.24, 2.45) is 5.10 Å². The number of benzene rings is 2. The number of hydrogen-bond acceptors (Lipinski definition) is 6. The fraction of sp³-hybridized carbons (Fsp3) is 0.0588. The Bertz CT molecular complexity index is 1020. The van der Waals surface area contributed by atoms with E-state index >= 15 is 0 Å². The van der Waals surface area contributed by atoms with Crippen molar-refractivity contribution in [3.8, 4) is 5.75 Å². The zero-order valence-corrected chi connectivity index (χ0v) is 15.9. The number of ether oxygens (including phenoxy) is 1. The number of hydrogen-bond donors (Lipinski definition) is 2. The summed E-state index contributed by atoms with van der Waals surface area (Å²) in [5, 5.41) is 11.1. The highest BCUT2D eigenvalue weighted by Crippen LogP contribution is 2.32. The first-order valence-electron chi connectivity index (χ1n) is 7.59. The summed E-state index contributed by atoms with van der Waals surface area (Å²) in [5.41, 5.74) is 3.49. The molecule has 10 heteroatoms. The van der Waals surface area contributed by atoms with Gasteiger partial charge in [0.15, 0.2) is 5.82 Å². The van der Waals surface area contributed by atoms with Gasteiger partial charge in [-0.25, -0.2) is 9.89 Å². The number of halogens is 3. The smallest absolute Gasteiger partial charge is 0.363 e. The molecule has 3 rings (SSSR count). The summed E-state index contributed by atoms with van der Waals surface area (Å²) in [6, 6.07) is 10.5. The van der Waals surface area contributed by atoms with Crippen molar-refractivity contribution in [3.05, 3.63) is 79.3 Å². The third kappa shape index (κ3) is 5.19. The van der Waals surface area contributed by atoms with Crippen LogP contribution in [0.4, 0.5) is 5.82 Å². The highest BCUT2D eigenvalue weighted by molar-refractivity contribution is 6.44. The van der Waals surface area contributed by atoms with Gasteiger partial charge < -0.3 is 4.74 Å². The fourth-order valence-corrected chi connectivity index (χ4v) is 2.70. The quantitative estimate of drug-likeness (QED) is 0.352. The minimum atomic E-state index is -0.559. The summed E-state index contributed by atoms with van der Waals surface area (Å²) in [4.78, 5) is 14.7. The Kier molecular flexibility index (Phi) is 6.28. The van der Waals surface area contributed by atoms with Crippen LogP contribution in [0.3, 0.4) is 0 Å². The SMILES string of the molecule is O=c1nc(N/N=C/c2ccc(OCc3c(Cl)ccc(Cl)c3Cl)cc2)cn[nH]1. The molecule has 0 saturated heterocycles. The number of rotatable bonds is 6. The first-order chi connectivity index (χ1) is 13.0. The Morgan fingerprint density at radius 1 is 1.11 bits per heavy atom. The molecule has 0 radical (unpaired) electrons. The van der Waals surface area contributed by atoms with E-state index in [-0.39, 0.29) is 12.4 Å². The number of nitrogens with one attached hydrogen (secondary N) is 2. The second kappa shape index (κ2) is 8.85.